The number of rotatable bonds is 4. The summed E-state index contributed by atoms with van der Waals surface area (Å²) in [5.41, 5.74) is -0.458. The third kappa shape index (κ3) is 7.47. The summed E-state index contributed by atoms with van der Waals surface area (Å²) < 4.78 is 15.8. The first kappa shape index (κ1) is 15.2. The van der Waals surface area contributed by atoms with Crippen LogP contribution in [0.25, 0.3) is 0 Å². The Morgan fingerprint density at radius 3 is 2.39 bits per heavy atom. The zero-order chi connectivity index (χ0) is 13.4. The molecule has 0 atom stereocenters. The van der Waals surface area contributed by atoms with E-state index in [2.05, 4.69) is 10.6 Å². The molecule has 0 spiro atoms. The van der Waals surface area contributed by atoms with Crippen LogP contribution in [0, 0.1) is 0 Å². The molecule has 6 heteroatoms. The molecule has 6 nitrogen and oxygen atoms in total. The van der Waals surface area contributed by atoms with E-state index in [0.717, 1.165) is 0 Å². The highest BCUT2D eigenvalue weighted by Gasteiger charge is 2.16. The number of hydrogen-bond acceptors (Lipinski definition) is 5. The van der Waals surface area contributed by atoms with Crippen LogP contribution in [0.1, 0.15) is 20.8 Å². The second kappa shape index (κ2) is 7.56. The molecule has 1 amide bonds. The summed E-state index contributed by atoms with van der Waals surface area (Å²) in [6.45, 7) is 9.28. The van der Waals surface area contributed by atoms with Crippen LogP contribution >= 0.6 is 0 Å². The number of carbonyl (C=O) groups is 1. The van der Waals surface area contributed by atoms with E-state index in [0.29, 0.717) is 39.5 Å². The molecule has 0 bridgehead atoms. The Hall–Kier alpha value is -0.850. The van der Waals surface area contributed by atoms with Gasteiger partial charge in [0.1, 0.15) is 5.60 Å². The van der Waals surface area contributed by atoms with Gasteiger partial charge in [-0.25, -0.2) is 4.79 Å². The predicted molar refractivity (Wildman–Crippen MR) is 67.7 cm³/mol. The van der Waals surface area contributed by atoms with Crippen LogP contribution in [0.4, 0.5) is 4.79 Å². The van der Waals surface area contributed by atoms with Gasteiger partial charge in [0.25, 0.3) is 0 Å². The Morgan fingerprint density at radius 2 is 1.83 bits per heavy atom. The number of carbonyl (C=O) groups excluding carboxylic acids is 1. The number of ether oxygens (including phenoxy) is 3. The molecule has 2 N–H and O–H groups in total. The third-order valence-electron chi connectivity index (χ3n) is 2.24. The first-order valence-electron chi connectivity index (χ1n) is 6.33. The molecular formula is C12H24N2O4. The van der Waals surface area contributed by atoms with Gasteiger partial charge in [-0.05, 0) is 20.8 Å². The number of amides is 1. The third-order valence-corrected chi connectivity index (χ3v) is 2.24. The van der Waals surface area contributed by atoms with Crippen LogP contribution in [0.2, 0.25) is 0 Å². The Labute approximate surface area is 108 Å². The van der Waals surface area contributed by atoms with E-state index in [1.807, 2.05) is 20.8 Å². The van der Waals surface area contributed by atoms with Crippen molar-refractivity contribution in [2.45, 2.75) is 32.4 Å². The molecule has 0 aromatic heterocycles. The van der Waals surface area contributed by atoms with E-state index in [-0.39, 0.29) is 6.04 Å². The minimum atomic E-state index is -0.458. The molecule has 1 fully saturated rings. The van der Waals surface area contributed by atoms with Crippen molar-refractivity contribution < 1.29 is 19.0 Å². The van der Waals surface area contributed by atoms with Gasteiger partial charge in [0.15, 0.2) is 0 Å². The van der Waals surface area contributed by atoms with E-state index < -0.39 is 11.7 Å². The molecule has 0 radical (unpaired) electrons. The summed E-state index contributed by atoms with van der Waals surface area (Å²) in [6.07, 6.45) is -0.391. The molecular weight excluding hydrogens is 236 g/mol. The van der Waals surface area contributed by atoms with Crippen LogP contribution < -0.4 is 10.6 Å². The molecule has 1 aliphatic rings. The Kier molecular flexibility index (Phi) is 6.38. The number of nitrogens with one attached hydrogen (secondary N) is 2. The minimum Gasteiger partial charge on any atom is -0.444 e. The molecule has 1 aliphatic heterocycles. The van der Waals surface area contributed by atoms with Crippen molar-refractivity contribution in [3.63, 3.8) is 0 Å². The summed E-state index contributed by atoms with van der Waals surface area (Å²) in [6, 6.07) is 0.188. The molecule has 0 saturated carbocycles. The highest BCUT2D eigenvalue weighted by molar-refractivity contribution is 5.67. The van der Waals surface area contributed by atoms with Crippen LogP contribution in [0.15, 0.2) is 0 Å². The van der Waals surface area contributed by atoms with Gasteiger partial charge in [0.2, 0.25) is 0 Å². The molecule has 18 heavy (non-hydrogen) atoms. The summed E-state index contributed by atoms with van der Waals surface area (Å²) in [7, 11) is 0. The Morgan fingerprint density at radius 1 is 1.22 bits per heavy atom. The van der Waals surface area contributed by atoms with Crippen molar-refractivity contribution in [1.29, 1.82) is 0 Å². The van der Waals surface area contributed by atoms with Crippen LogP contribution in [0.3, 0.4) is 0 Å². The second-order valence-electron chi connectivity index (χ2n) is 5.23. The van der Waals surface area contributed by atoms with E-state index in [1.165, 1.54) is 0 Å². The van der Waals surface area contributed by atoms with E-state index >= 15 is 0 Å². The van der Waals surface area contributed by atoms with Gasteiger partial charge >= 0.3 is 6.09 Å². The number of hydrogen-bond donors (Lipinski definition) is 2. The van der Waals surface area contributed by atoms with Gasteiger partial charge < -0.3 is 24.8 Å². The predicted octanol–water partition coefficient (Wildman–Crippen LogP) is 0.516. The summed E-state index contributed by atoms with van der Waals surface area (Å²) in [5, 5.41) is 5.95. The van der Waals surface area contributed by atoms with Crippen molar-refractivity contribution in [1.82, 2.24) is 10.6 Å². The zero-order valence-electron chi connectivity index (χ0n) is 11.5. The molecule has 0 unspecified atom stereocenters. The van der Waals surface area contributed by atoms with Crippen molar-refractivity contribution in [3.05, 3.63) is 0 Å². The molecule has 1 heterocycles. The summed E-state index contributed by atoms with van der Waals surface area (Å²) >= 11 is 0. The quantitative estimate of drug-likeness (QED) is 0.721. The first-order chi connectivity index (χ1) is 8.47. The van der Waals surface area contributed by atoms with Crippen molar-refractivity contribution >= 4 is 6.09 Å². The average Bonchev–Trinajstić information content (AvgIpc) is 2.50. The van der Waals surface area contributed by atoms with Crippen molar-refractivity contribution in [3.8, 4) is 0 Å². The first-order valence-corrected chi connectivity index (χ1v) is 6.33. The smallest absolute Gasteiger partial charge is 0.407 e. The van der Waals surface area contributed by atoms with Gasteiger partial charge in [-0.1, -0.05) is 0 Å². The maximum Gasteiger partial charge on any atom is 0.407 e. The van der Waals surface area contributed by atoms with Gasteiger partial charge in [0.05, 0.1) is 32.5 Å². The van der Waals surface area contributed by atoms with Gasteiger partial charge in [0, 0.05) is 13.1 Å². The van der Waals surface area contributed by atoms with E-state index in [4.69, 9.17) is 14.2 Å². The maximum absolute atomic E-state index is 11.4. The molecule has 106 valence electrons. The SMILES string of the molecule is CC(C)(C)OC(=O)NCCNC1COCCOC1. The van der Waals surface area contributed by atoms with Crippen LogP contribution in [0.5, 0.6) is 0 Å². The molecule has 1 saturated heterocycles. The normalized spacial score (nSPS) is 18.2. The van der Waals surface area contributed by atoms with E-state index in [1.54, 1.807) is 0 Å². The number of alkyl carbamates (subject to hydrolysis) is 1. The fourth-order valence-corrected chi connectivity index (χ4v) is 1.49. The lowest BCUT2D eigenvalue weighted by molar-refractivity contribution is 0.0527. The average molecular weight is 260 g/mol. The Balaban J connectivity index is 2.05. The fraction of sp³-hybridized carbons (Fsp3) is 0.917. The fourth-order valence-electron chi connectivity index (χ4n) is 1.49. The zero-order valence-corrected chi connectivity index (χ0v) is 11.5. The summed E-state index contributed by atoms with van der Waals surface area (Å²) in [4.78, 5) is 11.4. The monoisotopic (exact) mass is 260 g/mol. The lowest BCUT2D eigenvalue weighted by atomic mass is 10.2. The largest absolute Gasteiger partial charge is 0.444 e. The molecule has 1 rings (SSSR count). The lowest BCUT2D eigenvalue weighted by Gasteiger charge is -2.20. The molecule has 0 aromatic carbocycles. The Bertz CT molecular complexity index is 245. The highest BCUT2D eigenvalue weighted by atomic mass is 16.6. The molecule has 0 aliphatic carbocycles. The minimum absolute atomic E-state index is 0.188. The molecule has 0 aromatic rings. The van der Waals surface area contributed by atoms with Gasteiger partial charge in [-0.3, -0.25) is 0 Å². The van der Waals surface area contributed by atoms with Crippen molar-refractivity contribution in [2.24, 2.45) is 0 Å². The van der Waals surface area contributed by atoms with Crippen molar-refractivity contribution in [2.75, 3.05) is 39.5 Å². The lowest BCUT2D eigenvalue weighted by Crippen LogP contribution is -2.42. The topological polar surface area (TPSA) is 68.8 Å². The van der Waals surface area contributed by atoms with Crippen LogP contribution in [-0.2, 0) is 14.2 Å². The van der Waals surface area contributed by atoms with Gasteiger partial charge in [-0.15, -0.1) is 0 Å². The second-order valence-corrected chi connectivity index (χ2v) is 5.23. The van der Waals surface area contributed by atoms with Gasteiger partial charge in [-0.2, -0.15) is 0 Å². The van der Waals surface area contributed by atoms with Crippen LogP contribution in [-0.4, -0.2) is 57.3 Å². The van der Waals surface area contributed by atoms with E-state index in [9.17, 15) is 4.79 Å². The summed E-state index contributed by atoms with van der Waals surface area (Å²) in [5.74, 6) is 0. The highest BCUT2D eigenvalue weighted by Crippen LogP contribution is 2.05. The standard InChI is InChI=1S/C12H24N2O4/c1-12(2,3)18-11(15)14-5-4-13-10-8-16-6-7-17-9-10/h10,13H,4-9H2,1-3H3,(H,14,15). The maximum atomic E-state index is 11.4.